The lowest BCUT2D eigenvalue weighted by molar-refractivity contribution is 0.416. The zero-order valence-corrected chi connectivity index (χ0v) is 15.0. The Bertz CT molecular complexity index is 867. The van der Waals surface area contributed by atoms with Crippen LogP contribution in [0.1, 0.15) is 0 Å². The summed E-state index contributed by atoms with van der Waals surface area (Å²) in [5.41, 5.74) is 3.13. The van der Waals surface area contributed by atoms with E-state index in [9.17, 15) is 0 Å². The van der Waals surface area contributed by atoms with Crippen molar-refractivity contribution < 1.29 is 4.74 Å². The number of nitrogens with zero attached hydrogens (tertiary/aromatic N) is 1. The molecule has 0 aliphatic carbocycles. The fourth-order valence-electron chi connectivity index (χ4n) is 2.29. The van der Waals surface area contributed by atoms with E-state index >= 15 is 0 Å². The maximum Gasteiger partial charge on any atom is 0.131 e. The van der Waals surface area contributed by atoms with Gasteiger partial charge in [0.25, 0.3) is 0 Å². The Balaban J connectivity index is 2.00. The molecule has 0 bridgehead atoms. The Morgan fingerprint density at radius 2 is 1.54 bits per heavy atom. The van der Waals surface area contributed by atoms with Crippen molar-refractivity contribution in [3.8, 4) is 17.0 Å². The van der Waals surface area contributed by atoms with Crippen LogP contribution in [0.25, 0.3) is 11.3 Å². The van der Waals surface area contributed by atoms with Crippen molar-refractivity contribution in [1.82, 2.24) is 4.98 Å². The summed E-state index contributed by atoms with van der Waals surface area (Å²) >= 11 is 18.2. The van der Waals surface area contributed by atoms with Crippen LogP contribution in [0.5, 0.6) is 5.75 Å². The lowest BCUT2D eigenvalue weighted by Gasteiger charge is -2.12. The normalized spacial score (nSPS) is 10.5. The van der Waals surface area contributed by atoms with Gasteiger partial charge in [0.05, 0.1) is 12.8 Å². The van der Waals surface area contributed by atoms with Gasteiger partial charge >= 0.3 is 0 Å². The molecule has 3 nitrogen and oxygen atoms in total. The summed E-state index contributed by atoms with van der Waals surface area (Å²) in [7, 11) is 1.60. The van der Waals surface area contributed by atoms with E-state index in [0.717, 1.165) is 16.9 Å². The van der Waals surface area contributed by atoms with E-state index in [1.54, 1.807) is 31.4 Å². The Hall–Kier alpha value is -1.94. The van der Waals surface area contributed by atoms with Gasteiger partial charge < -0.3 is 10.1 Å². The molecule has 0 unspecified atom stereocenters. The number of hydrogen-bond donors (Lipinski definition) is 1. The maximum absolute atomic E-state index is 6.18. The first kappa shape index (κ1) is 16.9. The molecule has 2 aromatic carbocycles. The fourth-order valence-corrected chi connectivity index (χ4v) is 2.79. The van der Waals surface area contributed by atoms with E-state index in [0.29, 0.717) is 26.6 Å². The van der Waals surface area contributed by atoms with Crippen molar-refractivity contribution in [2.75, 3.05) is 12.4 Å². The van der Waals surface area contributed by atoms with Crippen LogP contribution < -0.4 is 10.1 Å². The molecule has 0 saturated heterocycles. The molecule has 0 radical (unpaired) electrons. The van der Waals surface area contributed by atoms with Gasteiger partial charge in [0.1, 0.15) is 10.9 Å². The van der Waals surface area contributed by atoms with Gasteiger partial charge in [0, 0.05) is 27.0 Å². The Morgan fingerprint density at radius 3 is 2.25 bits per heavy atom. The number of hydrogen-bond acceptors (Lipinski definition) is 3. The van der Waals surface area contributed by atoms with Gasteiger partial charge in [0.15, 0.2) is 0 Å². The molecule has 3 aromatic rings. The number of ether oxygens (including phenoxy) is 1. The molecule has 0 saturated carbocycles. The predicted octanol–water partition coefficient (Wildman–Crippen LogP) is 6.46. The number of pyridine rings is 1. The van der Waals surface area contributed by atoms with E-state index in [2.05, 4.69) is 10.3 Å². The molecule has 1 N–H and O–H groups in total. The summed E-state index contributed by atoms with van der Waals surface area (Å²) in [6.07, 6.45) is 0. The Kier molecular flexibility index (Phi) is 5.14. The molecule has 122 valence electrons. The Morgan fingerprint density at radius 1 is 0.833 bits per heavy atom. The molecule has 0 fully saturated rings. The molecule has 6 heteroatoms. The van der Waals surface area contributed by atoms with Crippen molar-refractivity contribution in [3.63, 3.8) is 0 Å². The SMILES string of the molecule is COc1ccc(Cl)cc1-c1cc(Nc2ccc(Cl)cc2)cc(Cl)n1. The van der Waals surface area contributed by atoms with Crippen LogP contribution in [0.3, 0.4) is 0 Å². The first-order valence-corrected chi connectivity index (χ1v) is 8.22. The van der Waals surface area contributed by atoms with Crippen LogP contribution in [0.2, 0.25) is 15.2 Å². The van der Waals surface area contributed by atoms with Gasteiger partial charge in [-0.3, -0.25) is 0 Å². The monoisotopic (exact) mass is 378 g/mol. The van der Waals surface area contributed by atoms with Crippen molar-refractivity contribution in [3.05, 3.63) is 69.8 Å². The van der Waals surface area contributed by atoms with Crippen LogP contribution in [0.15, 0.2) is 54.6 Å². The van der Waals surface area contributed by atoms with Gasteiger partial charge in [0.2, 0.25) is 0 Å². The highest BCUT2D eigenvalue weighted by Crippen LogP contribution is 2.34. The summed E-state index contributed by atoms with van der Waals surface area (Å²) < 4.78 is 5.39. The minimum atomic E-state index is 0.367. The van der Waals surface area contributed by atoms with Crippen molar-refractivity contribution in [2.24, 2.45) is 0 Å². The minimum absolute atomic E-state index is 0.367. The second-order valence-corrected chi connectivity index (χ2v) is 6.30. The number of aromatic nitrogens is 1. The molecule has 0 amide bonds. The third-order valence-corrected chi connectivity index (χ3v) is 4.05. The minimum Gasteiger partial charge on any atom is -0.496 e. The molecule has 1 heterocycles. The van der Waals surface area contributed by atoms with Crippen LogP contribution >= 0.6 is 34.8 Å². The third kappa shape index (κ3) is 3.93. The fraction of sp³-hybridized carbons (Fsp3) is 0.0556. The standard InChI is InChI=1S/C18H13Cl3N2O/c1-24-17-7-4-12(20)8-15(17)16-9-14(10-18(21)23-16)22-13-5-2-11(19)3-6-13/h2-10H,1H3,(H,22,23). The highest BCUT2D eigenvalue weighted by atomic mass is 35.5. The number of anilines is 2. The largest absolute Gasteiger partial charge is 0.496 e. The summed E-state index contributed by atoms with van der Waals surface area (Å²) in [6, 6.07) is 16.4. The van der Waals surface area contributed by atoms with E-state index in [1.807, 2.05) is 30.3 Å². The topological polar surface area (TPSA) is 34.1 Å². The first-order chi connectivity index (χ1) is 11.5. The maximum atomic E-state index is 6.18. The van der Waals surface area contributed by atoms with Gasteiger partial charge in [-0.1, -0.05) is 34.8 Å². The zero-order chi connectivity index (χ0) is 17.1. The number of nitrogens with one attached hydrogen (secondary N) is 1. The van der Waals surface area contributed by atoms with Crippen molar-refractivity contribution in [1.29, 1.82) is 0 Å². The quantitative estimate of drug-likeness (QED) is 0.528. The number of halogens is 3. The molecular weight excluding hydrogens is 367 g/mol. The lowest BCUT2D eigenvalue weighted by Crippen LogP contribution is -1.95. The second-order valence-electron chi connectivity index (χ2n) is 5.04. The summed E-state index contributed by atoms with van der Waals surface area (Å²) in [6.45, 7) is 0. The van der Waals surface area contributed by atoms with Crippen LogP contribution in [-0.4, -0.2) is 12.1 Å². The molecule has 0 aliphatic heterocycles. The van der Waals surface area contributed by atoms with Gasteiger partial charge in [-0.05, 0) is 54.6 Å². The molecule has 1 aromatic heterocycles. The average Bonchev–Trinajstić information content (AvgIpc) is 2.56. The van der Waals surface area contributed by atoms with E-state index in [-0.39, 0.29) is 0 Å². The zero-order valence-electron chi connectivity index (χ0n) is 12.7. The number of rotatable bonds is 4. The summed E-state index contributed by atoms with van der Waals surface area (Å²) in [4.78, 5) is 4.38. The van der Waals surface area contributed by atoms with Crippen molar-refractivity contribution >= 4 is 46.2 Å². The van der Waals surface area contributed by atoms with Crippen molar-refractivity contribution in [2.45, 2.75) is 0 Å². The van der Waals surface area contributed by atoms with Crippen LogP contribution in [0.4, 0.5) is 11.4 Å². The molecule has 0 spiro atoms. The van der Waals surface area contributed by atoms with E-state index < -0.39 is 0 Å². The average molecular weight is 380 g/mol. The smallest absolute Gasteiger partial charge is 0.131 e. The molecule has 0 atom stereocenters. The highest BCUT2D eigenvalue weighted by molar-refractivity contribution is 6.31. The second kappa shape index (κ2) is 7.31. The van der Waals surface area contributed by atoms with E-state index in [1.165, 1.54) is 0 Å². The molecular formula is C18H13Cl3N2O. The third-order valence-electron chi connectivity index (χ3n) is 3.36. The molecule has 3 rings (SSSR count). The highest BCUT2D eigenvalue weighted by Gasteiger charge is 2.11. The van der Waals surface area contributed by atoms with Gasteiger partial charge in [-0.2, -0.15) is 0 Å². The van der Waals surface area contributed by atoms with Gasteiger partial charge in [-0.15, -0.1) is 0 Å². The Labute approximate surface area is 155 Å². The number of methoxy groups -OCH3 is 1. The summed E-state index contributed by atoms with van der Waals surface area (Å²) in [5.74, 6) is 0.673. The predicted molar refractivity (Wildman–Crippen MR) is 101 cm³/mol. The molecule has 24 heavy (non-hydrogen) atoms. The lowest BCUT2D eigenvalue weighted by atomic mass is 10.1. The number of benzene rings is 2. The first-order valence-electron chi connectivity index (χ1n) is 7.09. The van der Waals surface area contributed by atoms with Crippen LogP contribution in [-0.2, 0) is 0 Å². The van der Waals surface area contributed by atoms with E-state index in [4.69, 9.17) is 39.5 Å². The van der Waals surface area contributed by atoms with Gasteiger partial charge in [-0.25, -0.2) is 4.98 Å². The molecule has 0 aliphatic rings. The van der Waals surface area contributed by atoms with Crippen LogP contribution in [0, 0.1) is 0 Å². The summed E-state index contributed by atoms with van der Waals surface area (Å²) in [5, 5.41) is 4.92.